The monoisotopic (exact) mass is 242 g/mol. The number of rotatable bonds is 2. The van der Waals surface area contributed by atoms with Crippen LogP contribution in [0.1, 0.15) is 47.2 Å². The summed E-state index contributed by atoms with van der Waals surface area (Å²) in [7, 11) is 0. The molecule has 0 amide bonds. The van der Waals surface area contributed by atoms with Gasteiger partial charge in [-0.05, 0) is 20.8 Å². The molecule has 0 radical (unpaired) electrons. The summed E-state index contributed by atoms with van der Waals surface area (Å²) in [6.07, 6.45) is 0. The van der Waals surface area contributed by atoms with Gasteiger partial charge in [0, 0.05) is 22.3 Å². The molecule has 0 aliphatic rings. The Hall–Kier alpha value is -0.640. The van der Waals surface area contributed by atoms with E-state index in [4.69, 9.17) is 0 Å². The minimum absolute atomic E-state index is 0.0528. The van der Waals surface area contributed by atoms with Crippen LogP contribution in [-0.4, -0.2) is 14.5 Å². The highest BCUT2D eigenvalue weighted by atomic mass is 32.2. The van der Waals surface area contributed by atoms with Crippen molar-refractivity contribution in [3.63, 3.8) is 0 Å². The Bertz CT molecular complexity index is 404. The van der Waals surface area contributed by atoms with Crippen molar-refractivity contribution in [2.45, 2.75) is 57.6 Å². The number of nitrogens with zero attached hydrogens (tertiary/aromatic N) is 1. The maximum Gasteiger partial charge on any atom is 0.267 e. The lowest BCUT2D eigenvalue weighted by Crippen LogP contribution is -2.32. The molecule has 16 heavy (non-hydrogen) atoms. The summed E-state index contributed by atoms with van der Waals surface area (Å²) in [4.78, 5) is 11.7. The number of aromatic amines is 1. The molecule has 1 heterocycles. The molecular weight excluding hydrogens is 220 g/mol. The lowest BCUT2D eigenvalue weighted by Gasteiger charge is -2.20. The SMILES string of the molecule is CC(C)(C)SCc1cc(=O)n(C(C)(C)C)[nH]1. The molecule has 3 nitrogen and oxygen atoms in total. The fraction of sp³-hybridized carbons (Fsp3) is 0.750. The molecule has 0 bridgehead atoms. The number of hydrogen-bond acceptors (Lipinski definition) is 2. The molecule has 0 unspecified atom stereocenters. The van der Waals surface area contributed by atoms with Crippen LogP contribution in [0, 0.1) is 0 Å². The number of aromatic nitrogens is 2. The second kappa shape index (κ2) is 4.32. The molecule has 0 saturated heterocycles. The van der Waals surface area contributed by atoms with E-state index in [-0.39, 0.29) is 15.8 Å². The van der Waals surface area contributed by atoms with Gasteiger partial charge in [0.2, 0.25) is 0 Å². The quantitative estimate of drug-likeness (QED) is 0.866. The molecule has 1 N–H and O–H groups in total. The zero-order chi connectivity index (χ0) is 12.6. The van der Waals surface area contributed by atoms with E-state index in [0.717, 1.165) is 11.4 Å². The molecule has 0 aromatic carbocycles. The standard InChI is InChI=1S/C12H22N2OS/c1-11(2,3)14-10(15)7-9(13-14)8-16-12(4,5)6/h7,13H,8H2,1-6H3. The Morgan fingerprint density at radius 2 is 1.81 bits per heavy atom. The summed E-state index contributed by atoms with van der Waals surface area (Å²) >= 11 is 1.84. The number of hydrogen-bond donors (Lipinski definition) is 1. The molecule has 4 heteroatoms. The van der Waals surface area contributed by atoms with Gasteiger partial charge in [-0.25, -0.2) is 4.68 Å². The first kappa shape index (κ1) is 13.4. The van der Waals surface area contributed by atoms with Crippen molar-refractivity contribution in [3.8, 4) is 0 Å². The van der Waals surface area contributed by atoms with E-state index in [9.17, 15) is 4.79 Å². The molecule has 1 rings (SSSR count). The van der Waals surface area contributed by atoms with Gasteiger partial charge in [-0.15, -0.1) is 11.8 Å². The highest BCUT2D eigenvalue weighted by Gasteiger charge is 2.18. The second-order valence-electron chi connectivity index (χ2n) is 6.03. The maximum atomic E-state index is 11.7. The number of thioether (sulfide) groups is 1. The van der Waals surface area contributed by atoms with Gasteiger partial charge in [-0.2, -0.15) is 0 Å². The summed E-state index contributed by atoms with van der Waals surface area (Å²) in [6.45, 7) is 12.6. The van der Waals surface area contributed by atoms with E-state index in [0.29, 0.717) is 0 Å². The maximum absolute atomic E-state index is 11.7. The van der Waals surface area contributed by atoms with Crippen LogP contribution in [0.15, 0.2) is 10.9 Å². The number of nitrogens with one attached hydrogen (secondary N) is 1. The van der Waals surface area contributed by atoms with Gasteiger partial charge in [0.25, 0.3) is 5.56 Å². The Balaban J connectivity index is 2.83. The summed E-state index contributed by atoms with van der Waals surface area (Å²) in [5, 5.41) is 3.18. The van der Waals surface area contributed by atoms with Gasteiger partial charge in [0.15, 0.2) is 0 Å². The largest absolute Gasteiger partial charge is 0.298 e. The van der Waals surface area contributed by atoms with E-state index in [1.165, 1.54) is 0 Å². The average Bonchev–Trinajstić information content (AvgIpc) is 2.41. The molecule has 0 atom stereocenters. The van der Waals surface area contributed by atoms with Crippen LogP contribution >= 0.6 is 11.8 Å². The lowest BCUT2D eigenvalue weighted by molar-refractivity contribution is 0.344. The second-order valence-corrected chi connectivity index (χ2v) is 7.83. The molecule has 1 aromatic heterocycles. The van der Waals surface area contributed by atoms with Crippen molar-refractivity contribution in [2.75, 3.05) is 0 Å². The van der Waals surface area contributed by atoms with Crippen molar-refractivity contribution in [2.24, 2.45) is 0 Å². The van der Waals surface area contributed by atoms with E-state index in [2.05, 4.69) is 25.9 Å². The van der Waals surface area contributed by atoms with Gasteiger partial charge in [-0.3, -0.25) is 9.89 Å². The van der Waals surface area contributed by atoms with E-state index < -0.39 is 0 Å². The normalized spacial score (nSPS) is 13.1. The third-order valence-corrected chi connectivity index (χ3v) is 3.43. The predicted molar refractivity (Wildman–Crippen MR) is 71.1 cm³/mol. The minimum Gasteiger partial charge on any atom is -0.298 e. The predicted octanol–water partition coefficient (Wildman–Crippen LogP) is 2.96. The molecule has 0 saturated carbocycles. The van der Waals surface area contributed by atoms with Crippen LogP contribution in [0.2, 0.25) is 0 Å². The average molecular weight is 242 g/mol. The third kappa shape index (κ3) is 3.74. The Morgan fingerprint density at radius 3 is 2.19 bits per heavy atom. The molecular formula is C12H22N2OS. The van der Waals surface area contributed by atoms with E-state index in [1.807, 2.05) is 32.5 Å². The van der Waals surface area contributed by atoms with Crippen LogP contribution in [0.25, 0.3) is 0 Å². The van der Waals surface area contributed by atoms with Crippen molar-refractivity contribution in [1.29, 1.82) is 0 Å². The van der Waals surface area contributed by atoms with Gasteiger partial charge in [-0.1, -0.05) is 20.8 Å². The topological polar surface area (TPSA) is 37.8 Å². The fourth-order valence-electron chi connectivity index (χ4n) is 1.31. The lowest BCUT2D eigenvalue weighted by atomic mass is 10.1. The van der Waals surface area contributed by atoms with E-state index in [1.54, 1.807) is 10.7 Å². The van der Waals surface area contributed by atoms with Crippen LogP contribution in [0.5, 0.6) is 0 Å². The summed E-state index contributed by atoms with van der Waals surface area (Å²) < 4.78 is 1.91. The molecule has 0 aliphatic heterocycles. The minimum atomic E-state index is -0.179. The van der Waals surface area contributed by atoms with Gasteiger partial charge in [0.1, 0.15) is 0 Å². The van der Waals surface area contributed by atoms with Crippen molar-refractivity contribution < 1.29 is 0 Å². The molecule has 0 fully saturated rings. The zero-order valence-corrected chi connectivity index (χ0v) is 11.9. The highest BCUT2D eigenvalue weighted by Crippen LogP contribution is 2.26. The molecule has 0 spiro atoms. The first-order valence-corrected chi connectivity index (χ1v) is 6.53. The van der Waals surface area contributed by atoms with Crippen LogP contribution in [-0.2, 0) is 11.3 Å². The van der Waals surface area contributed by atoms with Crippen molar-refractivity contribution >= 4 is 11.8 Å². The van der Waals surface area contributed by atoms with Crippen LogP contribution in [0.3, 0.4) is 0 Å². The summed E-state index contributed by atoms with van der Waals surface area (Å²) in [6, 6.07) is 1.70. The van der Waals surface area contributed by atoms with Gasteiger partial charge < -0.3 is 0 Å². The fourth-order valence-corrected chi connectivity index (χ4v) is 2.05. The van der Waals surface area contributed by atoms with Gasteiger partial charge in [0.05, 0.1) is 5.54 Å². The molecule has 0 aliphatic carbocycles. The Kier molecular flexibility index (Phi) is 3.62. The van der Waals surface area contributed by atoms with Crippen LogP contribution < -0.4 is 5.56 Å². The first-order chi connectivity index (χ1) is 7.09. The molecule has 92 valence electrons. The first-order valence-electron chi connectivity index (χ1n) is 5.55. The highest BCUT2D eigenvalue weighted by molar-refractivity contribution is 7.99. The van der Waals surface area contributed by atoms with Crippen molar-refractivity contribution in [1.82, 2.24) is 9.78 Å². The van der Waals surface area contributed by atoms with E-state index >= 15 is 0 Å². The van der Waals surface area contributed by atoms with Crippen molar-refractivity contribution in [3.05, 3.63) is 22.1 Å². The Labute approximate surface area is 102 Å². The zero-order valence-electron chi connectivity index (χ0n) is 11.0. The smallest absolute Gasteiger partial charge is 0.267 e. The summed E-state index contributed by atoms with van der Waals surface area (Å²) in [5.74, 6) is 0.849. The summed E-state index contributed by atoms with van der Waals surface area (Å²) in [5.41, 5.74) is 0.874. The van der Waals surface area contributed by atoms with Gasteiger partial charge >= 0.3 is 0 Å². The molecule has 1 aromatic rings. The number of H-pyrrole nitrogens is 1. The Morgan fingerprint density at radius 1 is 1.25 bits per heavy atom. The van der Waals surface area contributed by atoms with Crippen LogP contribution in [0.4, 0.5) is 0 Å². The third-order valence-electron chi connectivity index (χ3n) is 2.11.